The fourth-order valence-corrected chi connectivity index (χ4v) is 2.24. The molecule has 0 saturated carbocycles. The van der Waals surface area contributed by atoms with Gasteiger partial charge >= 0.3 is 12.0 Å². The lowest BCUT2D eigenvalue weighted by molar-refractivity contribution is -0.147. The van der Waals surface area contributed by atoms with Crippen molar-refractivity contribution in [2.45, 2.75) is 32.9 Å². The topological polar surface area (TPSA) is 60.9 Å². The van der Waals surface area contributed by atoms with Crippen molar-refractivity contribution >= 4 is 23.6 Å². The number of urea groups is 1. The van der Waals surface area contributed by atoms with Gasteiger partial charge in [-0.3, -0.25) is 0 Å². The Bertz CT molecular complexity index is 531. The Balaban J connectivity index is 2.91. The molecule has 0 atom stereocenters. The maximum atomic E-state index is 12.5. The Morgan fingerprint density at radius 1 is 1.29 bits per heavy atom. The smallest absolute Gasteiger partial charge is 0.329 e. The third kappa shape index (κ3) is 3.88. The van der Waals surface area contributed by atoms with Gasteiger partial charge in [-0.25, -0.2) is 9.59 Å². The zero-order valence-electron chi connectivity index (χ0n) is 12.8. The van der Waals surface area contributed by atoms with Crippen LogP contribution in [0.1, 0.15) is 26.3 Å². The van der Waals surface area contributed by atoms with Crippen LogP contribution < -0.4 is 0 Å². The number of hydrogen-bond donors (Lipinski definition) is 1. The van der Waals surface area contributed by atoms with Crippen molar-refractivity contribution < 1.29 is 14.7 Å². The van der Waals surface area contributed by atoms with Crippen molar-refractivity contribution in [2.75, 3.05) is 13.6 Å². The largest absolute Gasteiger partial charge is 0.480 e. The SMILES string of the molecule is CCN(C(=O)N(C)Cc1ccccc1Cl)C(C)(C)C(=O)O. The Morgan fingerprint density at radius 2 is 1.86 bits per heavy atom. The van der Waals surface area contributed by atoms with Gasteiger partial charge in [-0.05, 0) is 32.4 Å². The zero-order chi connectivity index (χ0) is 16.2. The van der Waals surface area contributed by atoms with Crippen molar-refractivity contribution in [1.82, 2.24) is 9.80 Å². The van der Waals surface area contributed by atoms with Crippen molar-refractivity contribution in [3.8, 4) is 0 Å². The second-order valence-corrected chi connectivity index (χ2v) is 5.75. The molecular weight excluding hydrogens is 292 g/mol. The second-order valence-electron chi connectivity index (χ2n) is 5.34. The van der Waals surface area contributed by atoms with Crippen LogP contribution in [0.5, 0.6) is 0 Å². The number of carbonyl (C=O) groups is 2. The van der Waals surface area contributed by atoms with Crippen LogP contribution in [0, 0.1) is 0 Å². The molecule has 1 N–H and O–H groups in total. The number of aliphatic carboxylic acids is 1. The second kappa shape index (κ2) is 6.80. The van der Waals surface area contributed by atoms with E-state index in [1.807, 2.05) is 18.2 Å². The van der Waals surface area contributed by atoms with Crippen LogP contribution in [0.2, 0.25) is 5.02 Å². The molecule has 21 heavy (non-hydrogen) atoms. The van der Waals surface area contributed by atoms with Gasteiger partial charge in [0.1, 0.15) is 5.54 Å². The Hall–Kier alpha value is -1.75. The molecule has 116 valence electrons. The molecule has 0 fully saturated rings. The summed E-state index contributed by atoms with van der Waals surface area (Å²) in [4.78, 5) is 26.6. The first-order valence-corrected chi connectivity index (χ1v) is 7.09. The highest BCUT2D eigenvalue weighted by Crippen LogP contribution is 2.20. The van der Waals surface area contributed by atoms with Crippen LogP contribution in [0.4, 0.5) is 4.79 Å². The molecule has 0 spiro atoms. The van der Waals surface area contributed by atoms with Gasteiger partial charge in [0, 0.05) is 25.2 Å². The molecule has 0 aliphatic rings. The van der Waals surface area contributed by atoms with Crippen LogP contribution >= 0.6 is 11.6 Å². The lowest BCUT2D eigenvalue weighted by Crippen LogP contribution is -2.56. The summed E-state index contributed by atoms with van der Waals surface area (Å²) in [5, 5.41) is 9.85. The third-order valence-electron chi connectivity index (χ3n) is 3.44. The predicted octanol–water partition coefficient (Wildman–Crippen LogP) is 3.08. The highest BCUT2D eigenvalue weighted by atomic mass is 35.5. The summed E-state index contributed by atoms with van der Waals surface area (Å²) in [7, 11) is 1.63. The maximum Gasteiger partial charge on any atom is 0.329 e. The van der Waals surface area contributed by atoms with E-state index >= 15 is 0 Å². The minimum atomic E-state index is -1.26. The molecule has 0 aliphatic heterocycles. The van der Waals surface area contributed by atoms with Crippen molar-refractivity contribution in [3.63, 3.8) is 0 Å². The van der Waals surface area contributed by atoms with E-state index in [1.165, 1.54) is 23.6 Å². The van der Waals surface area contributed by atoms with Crippen LogP contribution in [0.25, 0.3) is 0 Å². The minimum absolute atomic E-state index is 0.311. The number of halogens is 1. The van der Waals surface area contributed by atoms with E-state index in [9.17, 15) is 14.7 Å². The number of likely N-dealkylation sites (N-methyl/N-ethyl adjacent to an activating group) is 1. The van der Waals surface area contributed by atoms with Gasteiger partial charge in [-0.15, -0.1) is 0 Å². The summed E-state index contributed by atoms with van der Waals surface area (Å²) in [5.41, 5.74) is -0.445. The Kier molecular flexibility index (Phi) is 5.61. The van der Waals surface area contributed by atoms with Gasteiger partial charge in [0.2, 0.25) is 0 Å². The van der Waals surface area contributed by atoms with Crippen molar-refractivity contribution in [2.24, 2.45) is 0 Å². The van der Waals surface area contributed by atoms with Gasteiger partial charge in [0.05, 0.1) is 0 Å². The number of carboxylic acid groups (broad SMARTS) is 1. The summed E-state index contributed by atoms with van der Waals surface area (Å²) in [6, 6.07) is 6.92. The lowest BCUT2D eigenvalue weighted by Gasteiger charge is -2.37. The van der Waals surface area contributed by atoms with Gasteiger partial charge in [0.25, 0.3) is 0 Å². The number of carbonyl (C=O) groups excluding carboxylic acids is 1. The fraction of sp³-hybridized carbons (Fsp3) is 0.467. The summed E-state index contributed by atoms with van der Waals surface area (Å²) in [5.74, 6) is -1.04. The minimum Gasteiger partial charge on any atom is -0.480 e. The molecule has 0 aliphatic carbocycles. The summed E-state index contributed by atoms with van der Waals surface area (Å²) >= 11 is 6.08. The highest BCUT2D eigenvalue weighted by molar-refractivity contribution is 6.31. The molecule has 0 unspecified atom stereocenters. The van der Waals surface area contributed by atoms with Gasteiger partial charge < -0.3 is 14.9 Å². The van der Waals surface area contributed by atoms with Crippen LogP contribution in [0.3, 0.4) is 0 Å². The molecule has 0 bridgehead atoms. The predicted molar refractivity (Wildman–Crippen MR) is 82.4 cm³/mol. The van der Waals surface area contributed by atoms with E-state index in [-0.39, 0.29) is 6.03 Å². The van der Waals surface area contributed by atoms with Gasteiger partial charge in [-0.2, -0.15) is 0 Å². The van der Waals surface area contributed by atoms with Crippen LogP contribution in [0.15, 0.2) is 24.3 Å². The molecule has 0 saturated heterocycles. The maximum absolute atomic E-state index is 12.5. The van der Waals surface area contributed by atoms with Crippen molar-refractivity contribution in [3.05, 3.63) is 34.9 Å². The molecule has 2 amide bonds. The number of carboxylic acids is 1. The van der Waals surface area contributed by atoms with Crippen LogP contribution in [-0.4, -0.2) is 46.0 Å². The zero-order valence-corrected chi connectivity index (χ0v) is 13.5. The van der Waals surface area contributed by atoms with Crippen LogP contribution in [-0.2, 0) is 11.3 Å². The van der Waals surface area contributed by atoms with E-state index in [0.29, 0.717) is 18.1 Å². The van der Waals surface area contributed by atoms with Gasteiger partial charge in [-0.1, -0.05) is 29.8 Å². The molecule has 1 rings (SSSR count). The number of nitrogens with zero attached hydrogens (tertiary/aromatic N) is 2. The number of amides is 2. The Morgan fingerprint density at radius 3 is 2.33 bits per heavy atom. The normalized spacial score (nSPS) is 11.1. The molecule has 1 aromatic rings. The van der Waals surface area contributed by atoms with E-state index in [0.717, 1.165) is 5.56 Å². The molecular formula is C15H21ClN2O3. The molecule has 0 heterocycles. The van der Waals surface area contributed by atoms with E-state index in [4.69, 9.17) is 11.6 Å². The van der Waals surface area contributed by atoms with E-state index in [1.54, 1.807) is 20.0 Å². The first-order valence-electron chi connectivity index (χ1n) is 6.71. The van der Waals surface area contributed by atoms with E-state index < -0.39 is 11.5 Å². The monoisotopic (exact) mass is 312 g/mol. The number of hydrogen-bond acceptors (Lipinski definition) is 2. The number of benzene rings is 1. The summed E-state index contributed by atoms with van der Waals surface area (Å²) < 4.78 is 0. The van der Waals surface area contributed by atoms with Gasteiger partial charge in [0.15, 0.2) is 0 Å². The lowest BCUT2D eigenvalue weighted by atomic mass is 10.0. The molecule has 0 radical (unpaired) electrons. The molecule has 6 heteroatoms. The van der Waals surface area contributed by atoms with Crippen molar-refractivity contribution in [1.29, 1.82) is 0 Å². The summed E-state index contributed by atoms with van der Waals surface area (Å²) in [6.07, 6.45) is 0. The Labute approximate surface area is 130 Å². The quantitative estimate of drug-likeness (QED) is 0.909. The average molecular weight is 313 g/mol. The summed E-state index contributed by atoms with van der Waals surface area (Å²) in [6.45, 7) is 5.42. The molecule has 1 aromatic carbocycles. The first-order chi connectivity index (χ1) is 9.71. The van der Waals surface area contributed by atoms with E-state index in [2.05, 4.69) is 0 Å². The first kappa shape index (κ1) is 17.3. The standard InChI is InChI=1S/C15H21ClN2O3/c1-5-18(15(2,3)13(19)20)14(21)17(4)10-11-8-6-7-9-12(11)16/h6-9H,5,10H2,1-4H3,(H,19,20). The highest BCUT2D eigenvalue weighted by Gasteiger charge is 2.38. The average Bonchev–Trinajstić information content (AvgIpc) is 2.41. The fourth-order valence-electron chi connectivity index (χ4n) is 2.04. The molecule has 5 nitrogen and oxygen atoms in total. The third-order valence-corrected chi connectivity index (χ3v) is 3.81. The molecule has 0 aromatic heterocycles. The number of rotatable bonds is 5.